The molecule has 5 nitrogen and oxygen atoms in total. The fourth-order valence-electron chi connectivity index (χ4n) is 2.37. The second-order valence-corrected chi connectivity index (χ2v) is 6.37. The van der Waals surface area contributed by atoms with Gasteiger partial charge in [0.25, 0.3) is 5.91 Å². The van der Waals surface area contributed by atoms with Gasteiger partial charge in [-0.15, -0.1) is 5.10 Å². The van der Waals surface area contributed by atoms with Crippen LogP contribution >= 0.6 is 0 Å². The predicted molar refractivity (Wildman–Crippen MR) is 81.8 cm³/mol. The molecule has 112 valence electrons. The minimum atomic E-state index is -0.161. The van der Waals surface area contributed by atoms with Crippen LogP contribution in [0.15, 0.2) is 30.5 Å². The molecule has 0 spiro atoms. The maximum Gasteiger partial charge on any atom is 0.271 e. The normalized spacial score (nSPS) is 13.0. The number of aryl methyl sites for hydroxylation is 2. The molecule has 0 radical (unpaired) electrons. The molecule has 1 N–H and O–H groups in total. The van der Waals surface area contributed by atoms with E-state index in [0.717, 1.165) is 5.56 Å². The highest BCUT2D eigenvalue weighted by Crippen LogP contribution is 2.34. The van der Waals surface area contributed by atoms with E-state index < -0.39 is 0 Å². The number of amides is 1. The van der Waals surface area contributed by atoms with Crippen molar-refractivity contribution in [3.8, 4) is 0 Å². The van der Waals surface area contributed by atoms with Crippen LogP contribution in [0, 0.1) is 12.3 Å². The van der Waals surface area contributed by atoms with Gasteiger partial charge in [-0.25, -0.2) is 4.68 Å². The molecular formula is C16H22N4O. The van der Waals surface area contributed by atoms with E-state index in [0.29, 0.717) is 5.69 Å². The molecule has 0 saturated carbocycles. The van der Waals surface area contributed by atoms with Gasteiger partial charge < -0.3 is 5.32 Å². The van der Waals surface area contributed by atoms with E-state index >= 15 is 0 Å². The molecule has 0 fully saturated rings. The average Bonchev–Trinajstić information content (AvgIpc) is 2.82. The summed E-state index contributed by atoms with van der Waals surface area (Å²) in [6, 6.07) is 8.05. The summed E-state index contributed by atoms with van der Waals surface area (Å²) in [5, 5.41) is 10.7. The molecule has 0 saturated heterocycles. The van der Waals surface area contributed by atoms with Crippen LogP contribution < -0.4 is 5.32 Å². The Morgan fingerprint density at radius 1 is 1.29 bits per heavy atom. The van der Waals surface area contributed by atoms with E-state index in [9.17, 15) is 4.79 Å². The Bertz CT molecular complexity index is 640. The predicted octanol–water partition coefficient (Wildman–Crippen LogP) is 2.64. The molecule has 1 aromatic heterocycles. The molecule has 0 aliphatic carbocycles. The van der Waals surface area contributed by atoms with Crippen LogP contribution in [0.1, 0.15) is 48.4 Å². The number of rotatable bonds is 3. The maximum atomic E-state index is 12.5. The van der Waals surface area contributed by atoms with Crippen LogP contribution in [0.5, 0.6) is 0 Å². The van der Waals surface area contributed by atoms with Crippen molar-refractivity contribution in [1.82, 2.24) is 20.3 Å². The third-order valence-electron chi connectivity index (χ3n) is 3.59. The number of aromatic nitrogens is 3. The minimum Gasteiger partial charge on any atom is -0.343 e. The third kappa shape index (κ3) is 3.29. The van der Waals surface area contributed by atoms with Crippen molar-refractivity contribution in [2.75, 3.05) is 0 Å². The molecule has 0 aliphatic rings. The number of hydrogen-bond acceptors (Lipinski definition) is 3. The van der Waals surface area contributed by atoms with Crippen molar-refractivity contribution in [2.45, 2.75) is 33.7 Å². The van der Waals surface area contributed by atoms with Gasteiger partial charge in [0, 0.05) is 7.05 Å². The van der Waals surface area contributed by atoms with Gasteiger partial charge in [0.2, 0.25) is 0 Å². The van der Waals surface area contributed by atoms with E-state index in [1.54, 1.807) is 7.05 Å². The number of carbonyl (C=O) groups excluding carboxylic acids is 1. The van der Waals surface area contributed by atoms with Gasteiger partial charge in [0.05, 0.1) is 12.2 Å². The molecule has 21 heavy (non-hydrogen) atoms. The van der Waals surface area contributed by atoms with Crippen molar-refractivity contribution in [3.63, 3.8) is 0 Å². The molecule has 2 aromatic rings. The molecule has 1 atom stereocenters. The fourth-order valence-corrected chi connectivity index (χ4v) is 2.37. The molecule has 1 amide bonds. The van der Waals surface area contributed by atoms with E-state index in [1.165, 1.54) is 16.4 Å². The SMILES string of the molecule is Cc1ccccc1C(NC(=O)c1cnnn1C)C(C)(C)C. The summed E-state index contributed by atoms with van der Waals surface area (Å²) in [6.45, 7) is 8.41. The van der Waals surface area contributed by atoms with Crippen LogP contribution in [-0.2, 0) is 7.05 Å². The van der Waals surface area contributed by atoms with Crippen LogP contribution in [0.25, 0.3) is 0 Å². The zero-order valence-electron chi connectivity index (χ0n) is 13.2. The summed E-state index contributed by atoms with van der Waals surface area (Å²) in [7, 11) is 1.71. The monoisotopic (exact) mass is 286 g/mol. The topological polar surface area (TPSA) is 59.8 Å². The Labute approximate surface area is 125 Å². The van der Waals surface area contributed by atoms with Crippen LogP contribution in [-0.4, -0.2) is 20.9 Å². The summed E-state index contributed by atoms with van der Waals surface area (Å²) < 4.78 is 1.48. The average molecular weight is 286 g/mol. The first kappa shape index (κ1) is 15.2. The molecule has 1 heterocycles. The fraction of sp³-hybridized carbons (Fsp3) is 0.438. The summed E-state index contributed by atoms with van der Waals surface area (Å²) >= 11 is 0. The summed E-state index contributed by atoms with van der Waals surface area (Å²) in [6.07, 6.45) is 1.48. The number of hydrogen-bond donors (Lipinski definition) is 1. The van der Waals surface area contributed by atoms with Gasteiger partial charge in [-0.1, -0.05) is 50.3 Å². The Balaban J connectivity index is 2.33. The second kappa shape index (κ2) is 5.68. The Kier molecular flexibility index (Phi) is 4.11. The Hall–Kier alpha value is -2.17. The number of carbonyl (C=O) groups is 1. The molecule has 2 rings (SSSR count). The highest BCUT2D eigenvalue weighted by molar-refractivity contribution is 5.92. The number of nitrogens with one attached hydrogen (secondary N) is 1. The molecule has 1 aromatic carbocycles. The highest BCUT2D eigenvalue weighted by atomic mass is 16.2. The highest BCUT2D eigenvalue weighted by Gasteiger charge is 2.29. The lowest BCUT2D eigenvalue weighted by atomic mass is 9.81. The van der Waals surface area contributed by atoms with Crippen LogP contribution in [0.4, 0.5) is 0 Å². The maximum absolute atomic E-state index is 12.5. The van der Waals surface area contributed by atoms with Crippen molar-refractivity contribution < 1.29 is 4.79 Å². The van der Waals surface area contributed by atoms with E-state index in [2.05, 4.69) is 55.5 Å². The van der Waals surface area contributed by atoms with Gasteiger partial charge >= 0.3 is 0 Å². The summed E-state index contributed by atoms with van der Waals surface area (Å²) in [5.74, 6) is -0.161. The molecular weight excluding hydrogens is 264 g/mol. The first-order valence-corrected chi connectivity index (χ1v) is 7.02. The van der Waals surface area contributed by atoms with Gasteiger partial charge in [-0.05, 0) is 23.5 Å². The van der Waals surface area contributed by atoms with E-state index in [-0.39, 0.29) is 17.4 Å². The molecule has 0 aliphatic heterocycles. The third-order valence-corrected chi connectivity index (χ3v) is 3.59. The number of nitrogens with zero attached hydrogens (tertiary/aromatic N) is 3. The zero-order valence-corrected chi connectivity index (χ0v) is 13.2. The van der Waals surface area contributed by atoms with Crippen LogP contribution in [0.3, 0.4) is 0 Å². The van der Waals surface area contributed by atoms with Gasteiger partial charge in [0.1, 0.15) is 5.69 Å². The minimum absolute atomic E-state index is 0.0823. The summed E-state index contributed by atoms with van der Waals surface area (Å²) in [5.41, 5.74) is 2.65. The van der Waals surface area contributed by atoms with E-state index in [4.69, 9.17) is 0 Å². The van der Waals surface area contributed by atoms with Crippen molar-refractivity contribution in [1.29, 1.82) is 0 Å². The van der Waals surface area contributed by atoms with Crippen molar-refractivity contribution in [3.05, 3.63) is 47.3 Å². The van der Waals surface area contributed by atoms with Gasteiger partial charge in [-0.3, -0.25) is 4.79 Å². The molecule has 0 bridgehead atoms. The standard InChI is InChI=1S/C16H22N4O/c1-11-8-6-7-9-12(11)14(16(2,3)4)18-15(21)13-10-17-19-20(13)5/h6-10,14H,1-5H3,(H,18,21). The smallest absolute Gasteiger partial charge is 0.271 e. The Morgan fingerprint density at radius 3 is 2.48 bits per heavy atom. The van der Waals surface area contributed by atoms with Crippen molar-refractivity contribution in [2.24, 2.45) is 12.5 Å². The van der Waals surface area contributed by atoms with Crippen LogP contribution in [0.2, 0.25) is 0 Å². The van der Waals surface area contributed by atoms with Gasteiger partial charge in [-0.2, -0.15) is 0 Å². The lowest BCUT2D eigenvalue weighted by Gasteiger charge is -2.33. The first-order chi connectivity index (χ1) is 9.80. The summed E-state index contributed by atoms with van der Waals surface area (Å²) in [4.78, 5) is 12.5. The Morgan fingerprint density at radius 2 is 1.95 bits per heavy atom. The quantitative estimate of drug-likeness (QED) is 0.943. The number of benzene rings is 1. The second-order valence-electron chi connectivity index (χ2n) is 6.37. The van der Waals surface area contributed by atoms with Crippen molar-refractivity contribution >= 4 is 5.91 Å². The molecule has 1 unspecified atom stereocenters. The zero-order chi connectivity index (χ0) is 15.6. The van der Waals surface area contributed by atoms with Gasteiger partial charge in [0.15, 0.2) is 0 Å². The lowest BCUT2D eigenvalue weighted by Crippen LogP contribution is -2.37. The lowest BCUT2D eigenvalue weighted by molar-refractivity contribution is 0.0892. The largest absolute Gasteiger partial charge is 0.343 e. The van der Waals surface area contributed by atoms with E-state index in [1.807, 2.05) is 12.1 Å². The molecule has 5 heteroatoms. The first-order valence-electron chi connectivity index (χ1n) is 7.02.